The standard InChI is InChI=1S/C24H30N4/c1-4-5-14-24(2,3)19-28(23-12-8-21(18-26)9-13-23)16-15-27-22-10-6-20(17-25)7-11-22/h6-13,27H,4-5,14-16,19H2,1-3H3. The predicted octanol–water partition coefficient (Wildman–Crippen LogP) is 5.56. The van der Waals surface area contributed by atoms with Crippen molar-refractivity contribution in [2.45, 2.75) is 40.0 Å². The Labute approximate surface area is 169 Å². The first kappa shape index (κ1) is 21.3. The fourth-order valence-electron chi connectivity index (χ4n) is 3.30. The number of unbranched alkanes of at least 4 members (excludes halogenated alkanes) is 1. The van der Waals surface area contributed by atoms with Crippen molar-refractivity contribution < 1.29 is 0 Å². The lowest BCUT2D eigenvalue weighted by atomic mass is 9.86. The second-order valence-corrected chi connectivity index (χ2v) is 7.96. The Morgan fingerprint density at radius 3 is 2.04 bits per heavy atom. The van der Waals surface area contributed by atoms with Crippen LogP contribution in [0.2, 0.25) is 0 Å². The first-order valence-electron chi connectivity index (χ1n) is 9.96. The first-order valence-corrected chi connectivity index (χ1v) is 9.96. The number of nitrogens with zero attached hydrogens (tertiary/aromatic N) is 3. The lowest BCUT2D eigenvalue weighted by molar-refractivity contribution is 0.326. The molecular weight excluding hydrogens is 344 g/mol. The van der Waals surface area contributed by atoms with E-state index in [0.29, 0.717) is 11.1 Å². The monoisotopic (exact) mass is 374 g/mol. The lowest BCUT2D eigenvalue weighted by Crippen LogP contribution is -2.37. The van der Waals surface area contributed by atoms with E-state index < -0.39 is 0 Å². The summed E-state index contributed by atoms with van der Waals surface area (Å²) in [5.41, 5.74) is 3.74. The highest BCUT2D eigenvalue weighted by atomic mass is 15.1. The topological polar surface area (TPSA) is 62.9 Å². The summed E-state index contributed by atoms with van der Waals surface area (Å²) in [6, 6.07) is 19.7. The van der Waals surface area contributed by atoms with Crippen molar-refractivity contribution in [2.24, 2.45) is 5.41 Å². The van der Waals surface area contributed by atoms with Crippen molar-refractivity contribution in [1.29, 1.82) is 10.5 Å². The van der Waals surface area contributed by atoms with Gasteiger partial charge < -0.3 is 10.2 Å². The molecule has 1 N–H and O–H groups in total. The molecule has 0 heterocycles. The molecule has 0 aliphatic heterocycles. The van der Waals surface area contributed by atoms with E-state index in [9.17, 15) is 0 Å². The van der Waals surface area contributed by atoms with Crippen LogP contribution in [0.5, 0.6) is 0 Å². The third-order valence-corrected chi connectivity index (χ3v) is 4.91. The summed E-state index contributed by atoms with van der Waals surface area (Å²) in [5.74, 6) is 0. The molecule has 0 saturated heterocycles. The Morgan fingerprint density at radius 2 is 1.50 bits per heavy atom. The molecule has 0 aliphatic carbocycles. The molecule has 2 aromatic rings. The van der Waals surface area contributed by atoms with Gasteiger partial charge in [-0.1, -0.05) is 33.6 Å². The van der Waals surface area contributed by atoms with Crippen LogP contribution in [0.1, 0.15) is 51.2 Å². The third-order valence-electron chi connectivity index (χ3n) is 4.91. The smallest absolute Gasteiger partial charge is 0.0991 e. The summed E-state index contributed by atoms with van der Waals surface area (Å²) < 4.78 is 0. The van der Waals surface area contributed by atoms with Crippen molar-refractivity contribution in [3.05, 3.63) is 59.7 Å². The van der Waals surface area contributed by atoms with E-state index in [-0.39, 0.29) is 5.41 Å². The molecule has 28 heavy (non-hydrogen) atoms. The molecule has 0 unspecified atom stereocenters. The summed E-state index contributed by atoms with van der Waals surface area (Å²) in [6.45, 7) is 9.52. The predicted molar refractivity (Wildman–Crippen MR) is 116 cm³/mol. The largest absolute Gasteiger partial charge is 0.383 e. The third kappa shape index (κ3) is 6.63. The number of benzene rings is 2. The molecule has 0 spiro atoms. The van der Waals surface area contributed by atoms with E-state index in [2.05, 4.69) is 43.1 Å². The zero-order chi connectivity index (χ0) is 20.4. The van der Waals surface area contributed by atoms with E-state index in [4.69, 9.17) is 10.5 Å². The maximum absolute atomic E-state index is 9.06. The van der Waals surface area contributed by atoms with Gasteiger partial charge in [0, 0.05) is 31.0 Å². The number of hydrogen-bond donors (Lipinski definition) is 1. The van der Waals surface area contributed by atoms with Gasteiger partial charge in [0.2, 0.25) is 0 Å². The Balaban J connectivity index is 2.06. The van der Waals surface area contributed by atoms with Gasteiger partial charge in [-0.2, -0.15) is 10.5 Å². The van der Waals surface area contributed by atoms with E-state index in [0.717, 1.165) is 31.0 Å². The average molecular weight is 375 g/mol. The minimum atomic E-state index is 0.221. The van der Waals surface area contributed by atoms with Gasteiger partial charge in [-0.15, -0.1) is 0 Å². The van der Waals surface area contributed by atoms with Crippen LogP contribution >= 0.6 is 0 Å². The van der Waals surface area contributed by atoms with Crippen LogP contribution in [0, 0.1) is 28.1 Å². The van der Waals surface area contributed by atoms with Crippen LogP contribution in [-0.4, -0.2) is 19.6 Å². The Hall–Kier alpha value is -2.98. The molecule has 0 saturated carbocycles. The van der Waals surface area contributed by atoms with Gasteiger partial charge in [0.15, 0.2) is 0 Å². The van der Waals surface area contributed by atoms with Gasteiger partial charge in [-0.3, -0.25) is 0 Å². The Bertz CT molecular complexity index is 808. The Kier molecular flexibility index (Phi) is 7.90. The van der Waals surface area contributed by atoms with Gasteiger partial charge in [0.1, 0.15) is 0 Å². The van der Waals surface area contributed by atoms with Gasteiger partial charge in [0.25, 0.3) is 0 Å². The molecule has 2 rings (SSSR count). The highest BCUT2D eigenvalue weighted by Crippen LogP contribution is 2.27. The van der Waals surface area contributed by atoms with Crippen LogP contribution in [0.3, 0.4) is 0 Å². The van der Waals surface area contributed by atoms with E-state index >= 15 is 0 Å². The van der Waals surface area contributed by atoms with Crippen molar-refractivity contribution in [2.75, 3.05) is 29.9 Å². The van der Waals surface area contributed by atoms with Gasteiger partial charge in [-0.25, -0.2) is 0 Å². The van der Waals surface area contributed by atoms with E-state index in [1.165, 1.54) is 19.3 Å². The van der Waals surface area contributed by atoms with Crippen molar-refractivity contribution in [3.63, 3.8) is 0 Å². The number of nitriles is 2. The van der Waals surface area contributed by atoms with Crippen LogP contribution in [-0.2, 0) is 0 Å². The second-order valence-electron chi connectivity index (χ2n) is 7.96. The fourth-order valence-corrected chi connectivity index (χ4v) is 3.30. The zero-order valence-corrected chi connectivity index (χ0v) is 17.2. The molecule has 0 bridgehead atoms. The molecule has 146 valence electrons. The molecule has 4 nitrogen and oxygen atoms in total. The quantitative estimate of drug-likeness (QED) is 0.591. The molecule has 0 fully saturated rings. The second kappa shape index (κ2) is 10.4. The zero-order valence-electron chi connectivity index (χ0n) is 17.2. The maximum Gasteiger partial charge on any atom is 0.0991 e. The van der Waals surface area contributed by atoms with Gasteiger partial charge >= 0.3 is 0 Å². The molecule has 0 atom stereocenters. The summed E-state index contributed by atoms with van der Waals surface area (Å²) in [7, 11) is 0. The van der Waals surface area contributed by atoms with Crippen molar-refractivity contribution in [3.8, 4) is 12.1 Å². The molecule has 4 heteroatoms. The molecule has 0 amide bonds. The van der Waals surface area contributed by atoms with Crippen LogP contribution < -0.4 is 10.2 Å². The summed E-state index contributed by atoms with van der Waals surface area (Å²) in [4.78, 5) is 2.40. The summed E-state index contributed by atoms with van der Waals surface area (Å²) in [6.07, 6.45) is 3.64. The van der Waals surface area contributed by atoms with Crippen LogP contribution in [0.15, 0.2) is 48.5 Å². The lowest BCUT2D eigenvalue weighted by Gasteiger charge is -2.34. The molecule has 0 aliphatic rings. The average Bonchev–Trinajstić information content (AvgIpc) is 2.72. The summed E-state index contributed by atoms with van der Waals surface area (Å²) >= 11 is 0. The highest BCUT2D eigenvalue weighted by Gasteiger charge is 2.21. The number of anilines is 2. The normalized spacial score (nSPS) is 10.8. The number of hydrogen-bond acceptors (Lipinski definition) is 4. The first-order chi connectivity index (χ1) is 13.5. The van der Waals surface area contributed by atoms with E-state index in [1.807, 2.05) is 48.5 Å². The molecule has 0 aromatic heterocycles. The molecular formula is C24H30N4. The van der Waals surface area contributed by atoms with E-state index in [1.54, 1.807) is 0 Å². The maximum atomic E-state index is 9.06. The number of nitrogens with one attached hydrogen (secondary N) is 1. The van der Waals surface area contributed by atoms with Crippen molar-refractivity contribution >= 4 is 11.4 Å². The van der Waals surface area contributed by atoms with Crippen molar-refractivity contribution in [1.82, 2.24) is 0 Å². The van der Waals surface area contributed by atoms with Gasteiger partial charge in [0.05, 0.1) is 23.3 Å². The summed E-state index contributed by atoms with van der Waals surface area (Å²) in [5, 5.41) is 21.4. The van der Waals surface area contributed by atoms with Gasteiger partial charge in [-0.05, 0) is 60.4 Å². The molecule has 2 aromatic carbocycles. The fraction of sp³-hybridized carbons (Fsp3) is 0.417. The highest BCUT2D eigenvalue weighted by molar-refractivity contribution is 5.51. The number of rotatable bonds is 10. The van der Waals surface area contributed by atoms with Crippen LogP contribution in [0.25, 0.3) is 0 Å². The minimum Gasteiger partial charge on any atom is -0.383 e. The van der Waals surface area contributed by atoms with Crippen LogP contribution in [0.4, 0.5) is 11.4 Å². The SMILES string of the molecule is CCCCC(C)(C)CN(CCNc1ccc(C#N)cc1)c1ccc(C#N)cc1. The Morgan fingerprint density at radius 1 is 0.929 bits per heavy atom. The molecule has 0 radical (unpaired) electrons. The minimum absolute atomic E-state index is 0.221.